The minimum absolute atomic E-state index is 0.0159. The van der Waals surface area contributed by atoms with Crippen LogP contribution >= 0.6 is 0 Å². The van der Waals surface area contributed by atoms with Crippen LogP contribution in [0.25, 0.3) is 0 Å². The van der Waals surface area contributed by atoms with Crippen molar-refractivity contribution < 1.29 is 25.2 Å². The van der Waals surface area contributed by atoms with Gasteiger partial charge in [-0.3, -0.25) is 0 Å². The van der Waals surface area contributed by atoms with Crippen molar-refractivity contribution in [3.05, 3.63) is 0 Å². The van der Waals surface area contributed by atoms with Gasteiger partial charge in [0.05, 0.1) is 13.2 Å². The van der Waals surface area contributed by atoms with E-state index in [1.807, 2.05) is 0 Å². The van der Waals surface area contributed by atoms with E-state index in [0.29, 0.717) is 0 Å². The van der Waals surface area contributed by atoms with Gasteiger partial charge in [-0.25, -0.2) is 0 Å². The Hall–Kier alpha value is -0.240. The molecule has 0 bridgehead atoms. The molecule has 0 saturated carbocycles. The van der Waals surface area contributed by atoms with Gasteiger partial charge in [-0.15, -0.1) is 0 Å². The number of aliphatic hydroxyl groups is 4. The van der Waals surface area contributed by atoms with Crippen molar-refractivity contribution in [2.24, 2.45) is 0 Å². The van der Waals surface area contributed by atoms with E-state index in [9.17, 15) is 15.3 Å². The lowest BCUT2D eigenvalue weighted by molar-refractivity contribution is -0.317. The molecule has 1 aliphatic heterocycles. The van der Waals surface area contributed by atoms with Crippen LogP contribution in [0.3, 0.4) is 0 Å². The Kier molecular flexibility index (Phi) is 3.23. The lowest BCUT2D eigenvalue weighted by atomic mass is 9.97. The summed E-state index contributed by atoms with van der Waals surface area (Å²) in [6.45, 7) is -0.214. The molecule has 1 aliphatic rings. The quantitative estimate of drug-likeness (QED) is 0.320. The Morgan fingerprint density at radius 2 is 2.08 bits per heavy atom. The molecule has 0 aromatic carbocycles. The number of hydrogen-bond acceptors (Lipinski definition) is 6. The van der Waals surface area contributed by atoms with Gasteiger partial charge in [0, 0.05) is 0 Å². The maximum Gasteiger partial charge on any atom is 0.207 e. The maximum absolute atomic E-state index is 9.62. The van der Waals surface area contributed by atoms with Crippen LogP contribution in [0.1, 0.15) is 0 Å². The van der Waals surface area contributed by atoms with Gasteiger partial charge in [-0.1, -0.05) is 0 Å². The highest BCUT2D eigenvalue weighted by Crippen LogP contribution is 2.22. The predicted molar refractivity (Wildman–Crippen MR) is 42.8 cm³/mol. The van der Waals surface area contributed by atoms with Crippen molar-refractivity contribution in [2.45, 2.75) is 24.1 Å². The molecule has 6 heteroatoms. The predicted octanol–water partition coefficient (Wildman–Crippen LogP) is -2.99. The molecule has 4 unspecified atom stereocenters. The summed E-state index contributed by atoms with van der Waals surface area (Å²) < 4.78 is 4.83. The number of ether oxygens (including phenoxy) is 1. The second-order valence-electron chi connectivity index (χ2n) is 3.19. The third kappa shape index (κ3) is 1.98. The molecule has 1 heterocycles. The lowest BCUT2D eigenvalue weighted by Crippen LogP contribution is -2.64. The van der Waals surface area contributed by atoms with Crippen molar-refractivity contribution in [1.82, 2.24) is 5.32 Å². The summed E-state index contributed by atoms with van der Waals surface area (Å²) in [6, 6.07) is 0. The number of aliphatic hydroxyl groups excluding tert-OH is 3. The number of likely N-dealkylation sites (N-methyl/N-ethyl adjacent to an activating group) is 1. The molecule has 0 aromatic heterocycles. The minimum Gasteiger partial charge on any atom is -0.388 e. The van der Waals surface area contributed by atoms with Gasteiger partial charge in [-0.05, 0) is 7.05 Å². The Balaban J connectivity index is 2.67. The Morgan fingerprint density at radius 1 is 1.46 bits per heavy atom. The summed E-state index contributed by atoms with van der Waals surface area (Å²) in [5.74, 6) is -1.83. The van der Waals surface area contributed by atoms with E-state index in [4.69, 9.17) is 9.84 Å². The minimum atomic E-state index is -1.83. The van der Waals surface area contributed by atoms with Crippen molar-refractivity contribution in [2.75, 3.05) is 20.2 Å². The molecule has 0 spiro atoms. The normalized spacial score (nSPS) is 46.4. The van der Waals surface area contributed by atoms with Crippen LogP contribution in [-0.4, -0.2) is 64.7 Å². The van der Waals surface area contributed by atoms with Crippen LogP contribution in [0, 0.1) is 0 Å². The average molecular weight is 193 g/mol. The largest absolute Gasteiger partial charge is 0.388 e. The molecule has 1 rings (SSSR count). The molecule has 0 aliphatic carbocycles. The highest BCUT2D eigenvalue weighted by atomic mass is 16.6. The van der Waals surface area contributed by atoms with Gasteiger partial charge in [0.2, 0.25) is 5.79 Å². The monoisotopic (exact) mass is 193 g/mol. The zero-order chi connectivity index (χ0) is 10.1. The Morgan fingerprint density at radius 3 is 2.62 bits per heavy atom. The molecule has 6 nitrogen and oxygen atoms in total. The topological polar surface area (TPSA) is 102 Å². The molecular weight excluding hydrogens is 178 g/mol. The van der Waals surface area contributed by atoms with Crippen LogP contribution < -0.4 is 5.32 Å². The average Bonchev–Trinajstić information content (AvgIpc) is 2.10. The summed E-state index contributed by atoms with van der Waals surface area (Å²) in [5, 5.41) is 39.9. The van der Waals surface area contributed by atoms with E-state index in [2.05, 4.69) is 5.32 Å². The summed E-state index contributed by atoms with van der Waals surface area (Å²) in [7, 11) is 1.57. The van der Waals surface area contributed by atoms with E-state index >= 15 is 0 Å². The third-order valence-corrected chi connectivity index (χ3v) is 2.11. The van der Waals surface area contributed by atoms with Gasteiger partial charge >= 0.3 is 0 Å². The van der Waals surface area contributed by atoms with Crippen LogP contribution in [0.15, 0.2) is 0 Å². The van der Waals surface area contributed by atoms with E-state index in [1.54, 1.807) is 7.05 Å². The molecule has 78 valence electrons. The Bertz CT molecular complexity index is 178. The summed E-state index contributed by atoms with van der Waals surface area (Å²) in [5.41, 5.74) is 0. The Labute approximate surface area is 75.8 Å². The maximum atomic E-state index is 9.62. The molecular formula is C7H15NO5. The second kappa shape index (κ2) is 3.87. The van der Waals surface area contributed by atoms with Gasteiger partial charge in [0.25, 0.3) is 0 Å². The summed E-state index contributed by atoms with van der Waals surface area (Å²) in [6.07, 6.45) is -4.05. The number of nitrogens with one attached hydrogen (secondary N) is 1. The molecule has 0 radical (unpaired) electrons. The zero-order valence-electron chi connectivity index (χ0n) is 7.34. The third-order valence-electron chi connectivity index (χ3n) is 2.11. The molecule has 13 heavy (non-hydrogen) atoms. The van der Waals surface area contributed by atoms with E-state index in [1.165, 1.54) is 0 Å². The lowest BCUT2D eigenvalue weighted by Gasteiger charge is -2.41. The van der Waals surface area contributed by atoms with Crippen molar-refractivity contribution in [1.29, 1.82) is 0 Å². The van der Waals surface area contributed by atoms with E-state index in [0.717, 1.165) is 0 Å². The van der Waals surface area contributed by atoms with Gasteiger partial charge < -0.3 is 30.5 Å². The zero-order valence-corrected chi connectivity index (χ0v) is 7.34. The molecule has 0 aromatic rings. The first-order valence-electron chi connectivity index (χ1n) is 4.06. The van der Waals surface area contributed by atoms with Gasteiger partial charge in [0.15, 0.2) is 0 Å². The highest BCUT2D eigenvalue weighted by molar-refractivity contribution is 4.92. The number of rotatable bonds is 2. The van der Waals surface area contributed by atoms with Crippen molar-refractivity contribution in [3.8, 4) is 0 Å². The van der Waals surface area contributed by atoms with Crippen LogP contribution in [0.2, 0.25) is 0 Å². The summed E-state index contributed by atoms with van der Waals surface area (Å²) >= 11 is 0. The number of hydrogen-bond donors (Lipinski definition) is 5. The fraction of sp³-hybridized carbons (Fsp3) is 1.00. The molecule has 1 saturated heterocycles. The first kappa shape index (κ1) is 10.8. The van der Waals surface area contributed by atoms with Crippen molar-refractivity contribution >= 4 is 0 Å². The molecule has 5 N–H and O–H groups in total. The first-order chi connectivity index (χ1) is 6.01. The second-order valence-corrected chi connectivity index (χ2v) is 3.19. The molecule has 4 atom stereocenters. The van der Waals surface area contributed by atoms with Gasteiger partial charge in [0.1, 0.15) is 18.3 Å². The fourth-order valence-corrected chi connectivity index (χ4v) is 1.30. The molecule has 1 fully saturated rings. The SMILES string of the molecule is CNCC1(O)OCC(O)C(O)C1O. The molecule has 0 amide bonds. The van der Waals surface area contributed by atoms with Crippen molar-refractivity contribution in [3.63, 3.8) is 0 Å². The van der Waals surface area contributed by atoms with Crippen LogP contribution in [-0.2, 0) is 4.74 Å². The highest BCUT2D eigenvalue weighted by Gasteiger charge is 2.47. The van der Waals surface area contributed by atoms with E-state index in [-0.39, 0.29) is 13.2 Å². The fourth-order valence-electron chi connectivity index (χ4n) is 1.30. The van der Waals surface area contributed by atoms with Crippen LogP contribution in [0.5, 0.6) is 0 Å². The van der Waals surface area contributed by atoms with E-state index < -0.39 is 24.1 Å². The van der Waals surface area contributed by atoms with Crippen LogP contribution in [0.4, 0.5) is 0 Å². The van der Waals surface area contributed by atoms with Gasteiger partial charge in [-0.2, -0.15) is 0 Å². The first-order valence-corrected chi connectivity index (χ1v) is 4.06. The smallest absolute Gasteiger partial charge is 0.207 e. The summed E-state index contributed by atoms with van der Waals surface area (Å²) in [4.78, 5) is 0. The standard InChI is InChI=1S/C7H15NO5/c1-8-3-7(12)6(11)5(10)4(9)2-13-7/h4-6,8-12H,2-3H2,1H3.